The summed E-state index contributed by atoms with van der Waals surface area (Å²) in [5.41, 5.74) is 2.71. The molecule has 2 amide bonds. The van der Waals surface area contributed by atoms with Crippen LogP contribution in [0.2, 0.25) is 0 Å². The zero-order valence-corrected chi connectivity index (χ0v) is 16.7. The van der Waals surface area contributed by atoms with Gasteiger partial charge in [0.1, 0.15) is 5.69 Å². The standard InChI is InChI=1S/C21H17BrN2O4/c1-2-28-21(27)18-13(16-11-12(22)7-8-17(16)23-18)9-10-24-19(25)14-5-3-4-6-15(14)20(24)26/h3-8,11,23H,2,9-10H2,1H3. The van der Waals surface area contributed by atoms with E-state index in [1.807, 2.05) is 18.2 Å². The second kappa shape index (κ2) is 7.24. The molecule has 2 aromatic carbocycles. The maximum atomic E-state index is 12.6. The number of esters is 1. The minimum Gasteiger partial charge on any atom is -0.461 e. The Kier molecular flexibility index (Phi) is 4.77. The van der Waals surface area contributed by atoms with Crippen molar-refractivity contribution >= 4 is 44.6 Å². The average molecular weight is 441 g/mol. The van der Waals surface area contributed by atoms with Crippen molar-refractivity contribution in [3.63, 3.8) is 0 Å². The molecule has 142 valence electrons. The number of aromatic amines is 1. The molecule has 0 spiro atoms. The number of ether oxygens (including phenoxy) is 1. The molecule has 28 heavy (non-hydrogen) atoms. The molecule has 2 heterocycles. The van der Waals surface area contributed by atoms with Gasteiger partial charge in [-0.05, 0) is 49.2 Å². The summed E-state index contributed by atoms with van der Waals surface area (Å²) in [5.74, 6) is -1.06. The topological polar surface area (TPSA) is 79.5 Å². The van der Waals surface area contributed by atoms with E-state index in [2.05, 4.69) is 20.9 Å². The van der Waals surface area contributed by atoms with Crippen LogP contribution in [0.1, 0.15) is 43.7 Å². The van der Waals surface area contributed by atoms with Crippen LogP contribution in [0.5, 0.6) is 0 Å². The van der Waals surface area contributed by atoms with Gasteiger partial charge < -0.3 is 9.72 Å². The monoisotopic (exact) mass is 440 g/mol. The molecule has 6 nitrogen and oxygen atoms in total. The van der Waals surface area contributed by atoms with Gasteiger partial charge >= 0.3 is 5.97 Å². The van der Waals surface area contributed by atoms with Gasteiger partial charge in [0.2, 0.25) is 0 Å². The van der Waals surface area contributed by atoms with E-state index in [1.54, 1.807) is 31.2 Å². The molecule has 3 aromatic rings. The fourth-order valence-corrected chi connectivity index (χ4v) is 3.88. The number of hydrogen-bond acceptors (Lipinski definition) is 4. The van der Waals surface area contributed by atoms with E-state index in [0.29, 0.717) is 23.2 Å². The second-order valence-electron chi connectivity index (χ2n) is 6.45. The minimum absolute atomic E-state index is 0.179. The lowest BCUT2D eigenvalue weighted by Gasteiger charge is -2.14. The van der Waals surface area contributed by atoms with Gasteiger partial charge in [-0.2, -0.15) is 0 Å². The van der Waals surface area contributed by atoms with Crippen LogP contribution in [0, 0.1) is 0 Å². The Morgan fingerprint density at radius 1 is 1.11 bits per heavy atom. The SMILES string of the molecule is CCOC(=O)c1[nH]c2ccc(Br)cc2c1CCN1C(=O)c2ccccc2C1=O. The highest BCUT2D eigenvalue weighted by molar-refractivity contribution is 9.10. The van der Waals surface area contributed by atoms with Gasteiger partial charge in [-0.3, -0.25) is 14.5 Å². The highest BCUT2D eigenvalue weighted by Crippen LogP contribution is 2.28. The number of carbonyl (C=O) groups excluding carboxylic acids is 3. The average Bonchev–Trinajstić information content (AvgIpc) is 3.16. The lowest BCUT2D eigenvalue weighted by atomic mass is 10.1. The number of halogens is 1. The van der Waals surface area contributed by atoms with E-state index in [4.69, 9.17) is 4.74 Å². The Bertz CT molecular complexity index is 1080. The number of nitrogens with one attached hydrogen (secondary N) is 1. The van der Waals surface area contributed by atoms with E-state index >= 15 is 0 Å². The predicted octanol–water partition coefficient (Wildman–Crippen LogP) is 3.95. The normalized spacial score (nSPS) is 13.3. The Hall–Kier alpha value is -2.93. The van der Waals surface area contributed by atoms with Crippen LogP contribution in [0.25, 0.3) is 10.9 Å². The number of fused-ring (bicyclic) bond motifs is 2. The Morgan fingerprint density at radius 2 is 1.79 bits per heavy atom. The second-order valence-corrected chi connectivity index (χ2v) is 7.36. The summed E-state index contributed by atoms with van der Waals surface area (Å²) in [6, 6.07) is 12.4. The number of imide groups is 1. The molecular formula is C21H17BrN2O4. The van der Waals surface area contributed by atoms with Crippen molar-refractivity contribution in [2.45, 2.75) is 13.3 Å². The maximum absolute atomic E-state index is 12.6. The molecule has 7 heteroatoms. The third-order valence-electron chi connectivity index (χ3n) is 4.81. The van der Waals surface area contributed by atoms with Crippen molar-refractivity contribution in [2.75, 3.05) is 13.2 Å². The molecule has 1 N–H and O–H groups in total. The molecule has 0 aliphatic carbocycles. The summed E-state index contributed by atoms with van der Waals surface area (Å²) < 4.78 is 6.04. The summed E-state index contributed by atoms with van der Waals surface area (Å²) in [4.78, 5) is 42.0. The molecule has 0 radical (unpaired) electrons. The third-order valence-corrected chi connectivity index (χ3v) is 5.30. The lowest BCUT2D eigenvalue weighted by Crippen LogP contribution is -2.32. The molecular weight excluding hydrogens is 424 g/mol. The van der Waals surface area contributed by atoms with E-state index in [0.717, 1.165) is 20.9 Å². The first kappa shape index (κ1) is 18.4. The van der Waals surface area contributed by atoms with Crippen molar-refractivity contribution in [3.8, 4) is 0 Å². The molecule has 0 saturated heterocycles. The Balaban J connectivity index is 1.67. The van der Waals surface area contributed by atoms with Gasteiger partial charge in [0.05, 0.1) is 17.7 Å². The number of H-pyrrole nitrogens is 1. The first-order valence-electron chi connectivity index (χ1n) is 8.93. The van der Waals surface area contributed by atoms with Gasteiger partial charge in [0.15, 0.2) is 0 Å². The maximum Gasteiger partial charge on any atom is 0.355 e. The van der Waals surface area contributed by atoms with Crippen LogP contribution in [-0.2, 0) is 11.2 Å². The first-order chi connectivity index (χ1) is 13.5. The molecule has 0 unspecified atom stereocenters. The number of benzene rings is 2. The highest BCUT2D eigenvalue weighted by atomic mass is 79.9. The fourth-order valence-electron chi connectivity index (χ4n) is 3.52. The zero-order chi connectivity index (χ0) is 19.8. The number of nitrogens with zero attached hydrogens (tertiary/aromatic N) is 1. The lowest BCUT2D eigenvalue weighted by molar-refractivity contribution is 0.0519. The molecule has 0 atom stereocenters. The number of rotatable bonds is 5. The Morgan fingerprint density at radius 3 is 2.43 bits per heavy atom. The quantitative estimate of drug-likeness (QED) is 0.481. The van der Waals surface area contributed by atoms with Gasteiger partial charge in [0, 0.05) is 21.9 Å². The van der Waals surface area contributed by atoms with Crippen LogP contribution in [0.3, 0.4) is 0 Å². The number of aromatic nitrogens is 1. The van der Waals surface area contributed by atoms with E-state index < -0.39 is 5.97 Å². The van der Waals surface area contributed by atoms with E-state index in [-0.39, 0.29) is 25.0 Å². The minimum atomic E-state index is -0.452. The van der Waals surface area contributed by atoms with Crippen LogP contribution < -0.4 is 0 Å². The largest absolute Gasteiger partial charge is 0.461 e. The molecule has 0 saturated carbocycles. The van der Waals surface area contributed by atoms with Crippen LogP contribution >= 0.6 is 15.9 Å². The summed E-state index contributed by atoms with van der Waals surface area (Å²) in [5, 5.41) is 0.856. The number of hydrogen-bond donors (Lipinski definition) is 1. The van der Waals surface area contributed by atoms with Gasteiger partial charge in [-0.25, -0.2) is 4.79 Å². The van der Waals surface area contributed by atoms with Crippen LogP contribution in [0.15, 0.2) is 46.9 Å². The summed E-state index contributed by atoms with van der Waals surface area (Å²) in [6.07, 6.45) is 0.343. The molecule has 1 aliphatic heterocycles. The molecule has 4 rings (SSSR count). The van der Waals surface area contributed by atoms with Crippen molar-refractivity contribution in [1.82, 2.24) is 9.88 Å². The van der Waals surface area contributed by atoms with Gasteiger partial charge in [-0.15, -0.1) is 0 Å². The van der Waals surface area contributed by atoms with Crippen molar-refractivity contribution < 1.29 is 19.1 Å². The molecule has 0 bridgehead atoms. The third kappa shape index (κ3) is 3.01. The van der Waals surface area contributed by atoms with E-state index in [1.165, 1.54) is 4.90 Å². The van der Waals surface area contributed by atoms with Crippen molar-refractivity contribution in [1.29, 1.82) is 0 Å². The highest BCUT2D eigenvalue weighted by Gasteiger charge is 2.35. The zero-order valence-electron chi connectivity index (χ0n) is 15.1. The van der Waals surface area contributed by atoms with Gasteiger partial charge in [0.25, 0.3) is 11.8 Å². The van der Waals surface area contributed by atoms with Crippen molar-refractivity contribution in [3.05, 3.63) is 69.3 Å². The van der Waals surface area contributed by atoms with Crippen molar-refractivity contribution in [2.24, 2.45) is 0 Å². The molecule has 1 aromatic heterocycles. The summed E-state index contributed by atoms with van der Waals surface area (Å²) in [7, 11) is 0. The number of amides is 2. The number of carbonyl (C=O) groups is 3. The molecule has 0 fully saturated rings. The molecule has 1 aliphatic rings. The Labute approximate surface area is 169 Å². The van der Waals surface area contributed by atoms with Crippen LogP contribution in [0.4, 0.5) is 0 Å². The smallest absolute Gasteiger partial charge is 0.355 e. The van der Waals surface area contributed by atoms with Gasteiger partial charge in [-0.1, -0.05) is 28.1 Å². The fraction of sp³-hybridized carbons (Fsp3) is 0.190. The summed E-state index contributed by atoms with van der Waals surface area (Å²) in [6.45, 7) is 2.18. The summed E-state index contributed by atoms with van der Waals surface area (Å²) >= 11 is 3.45. The predicted molar refractivity (Wildman–Crippen MR) is 107 cm³/mol. The van der Waals surface area contributed by atoms with Crippen LogP contribution in [-0.4, -0.2) is 40.8 Å². The van der Waals surface area contributed by atoms with E-state index in [9.17, 15) is 14.4 Å². The first-order valence-corrected chi connectivity index (χ1v) is 9.73.